The fourth-order valence-corrected chi connectivity index (χ4v) is 3.00. The number of nitrogens with one attached hydrogen (secondary N) is 4. The first-order valence-corrected chi connectivity index (χ1v) is 17.5. The van der Waals surface area contributed by atoms with Gasteiger partial charge in [0.15, 0.2) is 0 Å². The van der Waals surface area contributed by atoms with E-state index in [0.717, 1.165) is 13.1 Å². The van der Waals surface area contributed by atoms with Gasteiger partial charge in [0.2, 0.25) is 0 Å². The van der Waals surface area contributed by atoms with Crippen molar-refractivity contribution < 1.29 is 42.5 Å². The van der Waals surface area contributed by atoms with Crippen molar-refractivity contribution in [3.63, 3.8) is 0 Å². The predicted molar refractivity (Wildman–Crippen MR) is 202 cm³/mol. The number of hydrogen-bond acceptors (Lipinski definition) is 20. The molecule has 14 N–H and O–H groups in total. The molecule has 0 unspecified atom stereocenters. The van der Waals surface area contributed by atoms with E-state index in [1.807, 2.05) is 0 Å². The Morgan fingerprint density at radius 1 is 0.466 bits per heavy atom. The van der Waals surface area contributed by atoms with Gasteiger partial charge in [0.05, 0.1) is 39.3 Å². The number of nitrogens with zero attached hydrogens (tertiary/aromatic N) is 16. The van der Waals surface area contributed by atoms with E-state index in [1.54, 1.807) is 27.7 Å². The summed E-state index contributed by atoms with van der Waals surface area (Å²) in [6, 6.07) is 0. The number of nitrogens with two attached hydrogens (primary N) is 2. The molecule has 28 nitrogen and oxygen atoms in total. The van der Waals surface area contributed by atoms with Gasteiger partial charge in [0.25, 0.3) is 23.8 Å². The number of aromatic nitrogens is 16. The molecule has 4 aromatic heterocycles. The number of aromatic amines is 4. The molecule has 0 aliphatic rings. The summed E-state index contributed by atoms with van der Waals surface area (Å²) in [5.74, 6) is -1.65. The van der Waals surface area contributed by atoms with Crippen molar-refractivity contribution in [1.82, 2.24) is 82.5 Å². The van der Waals surface area contributed by atoms with E-state index in [-0.39, 0.29) is 23.8 Å². The van der Waals surface area contributed by atoms with Crippen LogP contribution in [0.4, 0.5) is 23.8 Å². The van der Waals surface area contributed by atoms with Crippen molar-refractivity contribution >= 4 is 47.4 Å². The molecule has 0 aromatic carbocycles. The number of rotatable bonds is 19. The molecule has 0 saturated heterocycles. The van der Waals surface area contributed by atoms with Gasteiger partial charge in [-0.25, -0.2) is 20.0 Å². The highest BCUT2D eigenvalue weighted by molar-refractivity contribution is 5.91. The zero-order chi connectivity index (χ0) is 43.6. The van der Waals surface area contributed by atoms with Crippen LogP contribution in [0.25, 0.3) is 0 Å². The Labute approximate surface area is 333 Å². The van der Waals surface area contributed by atoms with E-state index in [2.05, 4.69) is 151 Å². The second-order valence-corrected chi connectivity index (χ2v) is 11.5. The van der Waals surface area contributed by atoms with Gasteiger partial charge in [0, 0.05) is 25.7 Å². The first-order chi connectivity index (χ1) is 27.7. The van der Waals surface area contributed by atoms with Gasteiger partial charge in [-0.15, -0.1) is 20.4 Å². The van der Waals surface area contributed by atoms with Crippen molar-refractivity contribution in [2.45, 2.75) is 53.4 Å². The third-order valence-corrected chi connectivity index (χ3v) is 5.99. The minimum absolute atomic E-state index is 0.0259. The maximum absolute atomic E-state index is 10.8. The standard InChI is InChI=1S/C10H26N4.4C5H7N5O/c11-5-3-9-13-7-1-2-8-14-10-4-6-12;4*1-3(2)4(11)6-5-7-9-10-8-5/h13-14H,1-12H2;4*1H2,2H3,(H2,6,7,8,9,10,11). The van der Waals surface area contributed by atoms with E-state index < -0.39 is 23.6 Å². The van der Waals surface area contributed by atoms with Crippen LogP contribution >= 0.6 is 0 Å². The lowest BCUT2D eigenvalue weighted by molar-refractivity contribution is -0.666. The minimum atomic E-state index is -0.439. The topological polar surface area (TPSA) is 448 Å². The first kappa shape index (κ1) is 51.0. The third kappa shape index (κ3) is 27.5. The Hall–Kier alpha value is -7.04. The number of quaternary nitrogens is 4. The lowest BCUT2D eigenvalue weighted by Gasteiger charge is -2.05. The summed E-state index contributed by atoms with van der Waals surface area (Å²) >= 11 is 0. The van der Waals surface area contributed by atoms with Crippen molar-refractivity contribution in [3.8, 4) is 0 Å². The highest BCUT2D eigenvalue weighted by Crippen LogP contribution is 2.01. The molecule has 4 aromatic rings. The average Bonchev–Trinajstić information content (AvgIpc) is 4.04. The Bertz CT molecular complexity index is 1550. The smallest absolute Gasteiger partial charge is 0.288 e. The lowest BCUT2D eigenvalue weighted by Crippen LogP contribution is -2.86. The summed E-state index contributed by atoms with van der Waals surface area (Å²) in [6.45, 7) is 27.1. The summed E-state index contributed by atoms with van der Waals surface area (Å²) < 4.78 is 0. The van der Waals surface area contributed by atoms with Crippen LogP contribution in [0.3, 0.4) is 0 Å². The highest BCUT2D eigenvalue weighted by Gasteiger charge is 1.96. The molecule has 0 atom stereocenters. The fraction of sp³-hybridized carbons (Fsp3) is 0.467. The third-order valence-electron chi connectivity index (χ3n) is 5.99. The molecule has 0 radical (unpaired) electrons. The van der Waals surface area contributed by atoms with Crippen LogP contribution < -0.4 is 42.5 Å². The Morgan fingerprint density at radius 3 is 0.862 bits per heavy atom. The van der Waals surface area contributed by atoms with Crippen LogP contribution in [0.1, 0.15) is 53.4 Å². The van der Waals surface area contributed by atoms with Gasteiger partial charge >= 0.3 is 0 Å². The van der Waals surface area contributed by atoms with Gasteiger partial charge < -0.3 is 42.5 Å². The average molecular weight is 815 g/mol. The fourth-order valence-electron chi connectivity index (χ4n) is 3.00. The molecule has 0 aliphatic heterocycles. The molecule has 0 aliphatic carbocycles. The van der Waals surface area contributed by atoms with Gasteiger partial charge in [-0.3, -0.25) is 0 Å². The minimum Gasteiger partial charge on any atom is -0.858 e. The number of tetrazole rings is 4. The molecule has 318 valence electrons. The quantitative estimate of drug-likeness (QED) is 0.0248. The normalized spacial score (nSPS) is 11.3. The van der Waals surface area contributed by atoms with Crippen LogP contribution in [-0.2, 0) is 0 Å². The van der Waals surface area contributed by atoms with Crippen LogP contribution in [-0.4, -0.2) is 145 Å². The van der Waals surface area contributed by atoms with E-state index in [4.69, 9.17) is 0 Å². The molecule has 0 fully saturated rings. The predicted octanol–water partition coefficient (Wildman–Crippen LogP) is -7.18. The van der Waals surface area contributed by atoms with E-state index >= 15 is 0 Å². The van der Waals surface area contributed by atoms with E-state index in [1.165, 1.54) is 51.9 Å². The highest BCUT2D eigenvalue weighted by atomic mass is 16.3. The van der Waals surface area contributed by atoms with Crippen molar-refractivity contribution in [2.75, 3.05) is 39.3 Å². The molecule has 4 rings (SSSR count). The van der Waals surface area contributed by atoms with Gasteiger partial charge in [-0.1, -0.05) is 46.7 Å². The number of unbranched alkanes of at least 4 members (excludes halogenated alkanes) is 1. The van der Waals surface area contributed by atoms with Crippen LogP contribution in [0.15, 0.2) is 68.6 Å². The van der Waals surface area contributed by atoms with Crippen molar-refractivity contribution in [3.05, 3.63) is 48.6 Å². The van der Waals surface area contributed by atoms with Crippen LogP contribution in [0, 0.1) is 0 Å². The monoisotopic (exact) mass is 814 g/mol. The summed E-state index contributed by atoms with van der Waals surface area (Å²) in [7, 11) is 0. The molecule has 4 heterocycles. The van der Waals surface area contributed by atoms with E-state index in [9.17, 15) is 20.4 Å². The van der Waals surface area contributed by atoms with Crippen molar-refractivity contribution in [2.24, 2.45) is 20.0 Å². The number of hydrogen-bond donors (Lipinski definition) is 8. The Morgan fingerprint density at radius 2 is 0.690 bits per heavy atom. The number of H-pyrrole nitrogens is 4. The van der Waals surface area contributed by atoms with Gasteiger partial charge in [0.1, 0.15) is 0 Å². The van der Waals surface area contributed by atoms with Gasteiger partial charge in [-0.05, 0) is 94.4 Å². The summed E-state index contributed by atoms with van der Waals surface area (Å²) in [5, 5.41) is 97.4. The van der Waals surface area contributed by atoms with E-state index in [0.29, 0.717) is 22.3 Å². The molecule has 0 spiro atoms. The molecule has 0 saturated carbocycles. The first-order valence-electron chi connectivity index (χ1n) is 17.5. The second-order valence-electron chi connectivity index (χ2n) is 11.5. The zero-order valence-corrected chi connectivity index (χ0v) is 33.3. The van der Waals surface area contributed by atoms with Crippen molar-refractivity contribution in [1.29, 1.82) is 0 Å². The van der Waals surface area contributed by atoms with Crippen LogP contribution in [0.5, 0.6) is 0 Å². The number of aliphatic imine (C=N–C) groups is 4. The molecule has 58 heavy (non-hydrogen) atoms. The van der Waals surface area contributed by atoms with Gasteiger partial charge in [-0.2, -0.15) is 20.9 Å². The molecule has 28 heteroatoms. The maximum atomic E-state index is 10.8. The maximum Gasteiger partial charge on any atom is 0.288 e. The molecular formula is C30H54N24O4. The van der Waals surface area contributed by atoms with Crippen LogP contribution in [0.2, 0.25) is 0 Å². The summed E-state index contributed by atoms with van der Waals surface area (Å²) in [5.41, 5.74) is 9.03. The molecular weight excluding hydrogens is 760 g/mol. The molecule has 0 bridgehead atoms. The summed E-state index contributed by atoms with van der Waals surface area (Å²) in [6.07, 6.45) is 5.24. The zero-order valence-electron chi connectivity index (χ0n) is 33.3. The molecule has 0 amide bonds. The Kier molecular flexibility index (Phi) is 28.3. The Balaban J connectivity index is 0.000000702. The SMILES string of the molecule is C=C(C)/C([O-])=N/c1nn[nH]n1.C=C(C)/C([O-])=N/c1nn[nH]n1.C=C(C)/C([O-])=N/c1nn[nH]n1.C=C(C)/C([O-])=N/c1nn[nH]n1.[NH3+]CCC[NH2+]CCCC[NH2+]CCC[NH3+]. The summed E-state index contributed by atoms with van der Waals surface area (Å²) in [4.78, 5) is 13.9. The largest absolute Gasteiger partial charge is 0.858 e. The second kappa shape index (κ2) is 32.2. The lowest BCUT2D eigenvalue weighted by atomic mass is 10.3.